The Morgan fingerprint density at radius 3 is 2.44 bits per heavy atom. The molecule has 0 aromatic heterocycles. The summed E-state index contributed by atoms with van der Waals surface area (Å²) in [5, 5.41) is 8.71. The number of carbonyl (C=O) groups excluding carboxylic acids is 1. The van der Waals surface area contributed by atoms with Crippen molar-refractivity contribution in [1.82, 2.24) is 0 Å². The Kier molecular flexibility index (Phi) is 4.98. The van der Waals surface area contributed by atoms with E-state index in [0.29, 0.717) is 11.4 Å². The second kappa shape index (κ2) is 6.48. The molecule has 0 amide bonds. The molecule has 0 radical (unpaired) electrons. The molecule has 0 bridgehead atoms. The van der Waals surface area contributed by atoms with Crippen molar-refractivity contribution in [3.63, 3.8) is 0 Å². The van der Waals surface area contributed by atoms with Crippen LogP contribution in [-0.4, -0.2) is 29.8 Å². The predicted molar refractivity (Wildman–Crippen MR) is 64.2 cm³/mol. The van der Waals surface area contributed by atoms with Crippen LogP contribution < -0.4 is 10.5 Å². The topological polar surface area (TPSA) is 98.9 Å². The van der Waals surface area contributed by atoms with Gasteiger partial charge in [0.15, 0.2) is 12.7 Å². The molecule has 0 heterocycles. The molecule has 1 aromatic rings. The van der Waals surface area contributed by atoms with Crippen LogP contribution in [-0.2, 0) is 14.3 Å². The molecule has 1 aromatic carbocycles. The van der Waals surface area contributed by atoms with E-state index in [1.54, 1.807) is 31.2 Å². The molecule has 1 unspecified atom stereocenters. The first-order valence-electron chi connectivity index (χ1n) is 5.43. The highest BCUT2D eigenvalue weighted by Crippen LogP contribution is 2.13. The van der Waals surface area contributed by atoms with Crippen LogP contribution in [0.1, 0.15) is 13.3 Å². The summed E-state index contributed by atoms with van der Waals surface area (Å²) in [6.07, 6.45) is -0.921. The van der Waals surface area contributed by atoms with Crippen molar-refractivity contribution in [2.24, 2.45) is 0 Å². The lowest BCUT2D eigenvalue weighted by Gasteiger charge is -2.12. The number of hydrogen-bond donors (Lipinski definition) is 2. The minimum Gasteiger partial charge on any atom is -0.482 e. The second-order valence-corrected chi connectivity index (χ2v) is 3.58. The fraction of sp³-hybridized carbons (Fsp3) is 0.333. The van der Waals surface area contributed by atoms with Gasteiger partial charge in [-0.1, -0.05) is 6.92 Å². The Labute approximate surface area is 104 Å². The highest BCUT2D eigenvalue weighted by Gasteiger charge is 2.19. The average Bonchev–Trinajstić information content (AvgIpc) is 2.35. The van der Waals surface area contributed by atoms with E-state index < -0.39 is 18.0 Å². The number of carboxylic acids is 1. The standard InChI is InChI=1S/C12H15NO5/c1-2-10(12(15)16)18-11(14)7-17-9-5-3-8(13)4-6-9/h3-6,10H,2,7,13H2,1H3,(H,15,16). The first-order valence-corrected chi connectivity index (χ1v) is 5.43. The lowest BCUT2D eigenvalue weighted by atomic mass is 10.3. The van der Waals surface area contributed by atoms with Gasteiger partial charge in [-0.25, -0.2) is 9.59 Å². The quantitative estimate of drug-likeness (QED) is 0.580. The Balaban J connectivity index is 2.41. The van der Waals surface area contributed by atoms with Crippen LogP contribution in [0.2, 0.25) is 0 Å². The lowest BCUT2D eigenvalue weighted by molar-refractivity contribution is -0.165. The summed E-state index contributed by atoms with van der Waals surface area (Å²) in [7, 11) is 0. The van der Waals surface area contributed by atoms with Crippen LogP contribution in [0.3, 0.4) is 0 Å². The molecule has 0 aliphatic rings. The second-order valence-electron chi connectivity index (χ2n) is 3.58. The van der Waals surface area contributed by atoms with E-state index in [0.717, 1.165) is 0 Å². The molecule has 1 rings (SSSR count). The summed E-state index contributed by atoms with van der Waals surface area (Å²) < 4.78 is 9.84. The maximum atomic E-state index is 11.3. The number of carboxylic acid groups (broad SMARTS) is 1. The van der Waals surface area contributed by atoms with Crippen molar-refractivity contribution in [2.75, 3.05) is 12.3 Å². The lowest BCUT2D eigenvalue weighted by Crippen LogP contribution is -2.28. The van der Waals surface area contributed by atoms with Gasteiger partial charge in [0, 0.05) is 5.69 Å². The van der Waals surface area contributed by atoms with Crippen molar-refractivity contribution in [3.05, 3.63) is 24.3 Å². The van der Waals surface area contributed by atoms with Crippen LogP contribution in [0.4, 0.5) is 5.69 Å². The minimum atomic E-state index is -1.17. The number of nitrogen functional groups attached to an aromatic ring is 1. The van der Waals surface area contributed by atoms with Gasteiger partial charge in [-0.3, -0.25) is 0 Å². The molecule has 18 heavy (non-hydrogen) atoms. The van der Waals surface area contributed by atoms with Crippen LogP contribution in [0, 0.1) is 0 Å². The third-order valence-corrected chi connectivity index (χ3v) is 2.16. The zero-order valence-corrected chi connectivity index (χ0v) is 9.96. The zero-order chi connectivity index (χ0) is 13.5. The number of aliphatic carboxylic acids is 1. The first kappa shape index (κ1) is 13.8. The molecule has 0 saturated heterocycles. The Morgan fingerprint density at radius 1 is 1.33 bits per heavy atom. The van der Waals surface area contributed by atoms with Gasteiger partial charge in [-0.05, 0) is 30.7 Å². The van der Waals surface area contributed by atoms with Gasteiger partial charge in [-0.2, -0.15) is 0 Å². The molecule has 6 heteroatoms. The number of hydrogen-bond acceptors (Lipinski definition) is 5. The zero-order valence-electron chi connectivity index (χ0n) is 9.96. The average molecular weight is 253 g/mol. The van der Waals surface area contributed by atoms with Crippen molar-refractivity contribution in [2.45, 2.75) is 19.4 Å². The molecule has 1 atom stereocenters. The maximum absolute atomic E-state index is 11.3. The molecule has 98 valence electrons. The molecule has 0 saturated carbocycles. The number of anilines is 1. The minimum absolute atomic E-state index is 0.211. The summed E-state index contributed by atoms with van der Waals surface area (Å²) in [6, 6.07) is 6.48. The van der Waals surface area contributed by atoms with Crippen molar-refractivity contribution >= 4 is 17.6 Å². The molecule has 0 aliphatic heterocycles. The normalized spacial score (nSPS) is 11.6. The van der Waals surface area contributed by atoms with Gasteiger partial charge in [0.2, 0.25) is 0 Å². The molecule has 3 N–H and O–H groups in total. The number of nitrogens with two attached hydrogens (primary N) is 1. The van der Waals surface area contributed by atoms with Crippen molar-refractivity contribution in [3.8, 4) is 5.75 Å². The molecule has 0 aliphatic carbocycles. The third kappa shape index (κ3) is 4.32. The van der Waals surface area contributed by atoms with Crippen LogP contribution in [0.5, 0.6) is 5.75 Å². The largest absolute Gasteiger partial charge is 0.482 e. The fourth-order valence-corrected chi connectivity index (χ4v) is 1.21. The SMILES string of the molecule is CCC(OC(=O)COc1ccc(N)cc1)C(=O)O. The summed E-state index contributed by atoms with van der Waals surface area (Å²) in [5.41, 5.74) is 6.07. The van der Waals surface area contributed by atoms with Crippen LogP contribution >= 0.6 is 0 Å². The van der Waals surface area contributed by atoms with Crippen molar-refractivity contribution in [1.29, 1.82) is 0 Å². The van der Waals surface area contributed by atoms with Gasteiger partial charge < -0.3 is 20.3 Å². The summed E-state index contributed by atoms with van der Waals surface area (Å²) >= 11 is 0. The molecule has 0 fully saturated rings. The van der Waals surface area contributed by atoms with E-state index >= 15 is 0 Å². The predicted octanol–water partition coefficient (Wildman–Crippen LogP) is 1.05. The maximum Gasteiger partial charge on any atom is 0.345 e. The summed E-state index contributed by atoms with van der Waals surface area (Å²) in [6.45, 7) is 1.28. The van der Waals surface area contributed by atoms with E-state index in [4.69, 9.17) is 20.3 Å². The number of benzene rings is 1. The van der Waals surface area contributed by atoms with E-state index in [2.05, 4.69) is 0 Å². The smallest absolute Gasteiger partial charge is 0.345 e. The van der Waals surface area contributed by atoms with E-state index in [1.807, 2.05) is 0 Å². The Bertz CT molecular complexity index is 415. The summed E-state index contributed by atoms with van der Waals surface area (Å²) in [5.74, 6) is -1.43. The van der Waals surface area contributed by atoms with Gasteiger partial charge in [0.05, 0.1) is 0 Å². The van der Waals surface area contributed by atoms with Crippen LogP contribution in [0.25, 0.3) is 0 Å². The highest BCUT2D eigenvalue weighted by atomic mass is 16.6. The van der Waals surface area contributed by atoms with Gasteiger partial charge in [0.1, 0.15) is 5.75 Å². The van der Waals surface area contributed by atoms with E-state index in [-0.39, 0.29) is 13.0 Å². The highest BCUT2D eigenvalue weighted by molar-refractivity contribution is 5.78. The number of esters is 1. The van der Waals surface area contributed by atoms with Crippen molar-refractivity contribution < 1.29 is 24.2 Å². The van der Waals surface area contributed by atoms with Crippen LogP contribution in [0.15, 0.2) is 24.3 Å². The van der Waals surface area contributed by atoms with E-state index in [9.17, 15) is 9.59 Å². The van der Waals surface area contributed by atoms with Gasteiger partial charge >= 0.3 is 11.9 Å². The number of ether oxygens (including phenoxy) is 2. The molecule has 6 nitrogen and oxygen atoms in total. The van der Waals surface area contributed by atoms with Gasteiger partial charge in [0.25, 0.3) is 0 Å². The molecule has 0 spiro atoms. The Hall–Kier alpha value is -2.24. The number of rotatable bonds is 6. The third-order valence-electron chi connectivity index (χ3n) is 2.16. The molecular formula is C12H15NO5. The van der Waals surface area contributed by atoms with Gasteiger partial charge in [-0.15, -0.1) is 0 Å². The Morgan fingerprint density at radius 2 is 1.94 bits per heavy atom. The van der Waals surface area contributed by atoms with E-state index in [1.165, 1.54) is 0 Å². The molecular weight excluding hydrogens is 238 g/mol. The monoisotopic (exact) mass is 253 g/mol. The first-order chi connectivity index (χ1) is 8.52. The number of carbonyl (C=O) groups is 2. The fourth-order valence-electron chi connectivity index (χ4n) is 1.21. The summed E-state index contributed by atoms with van der Waals surface area (Å²) in [4.78, 5) is 22.0.